The van der Waals surface area contributed by atoms with Crippen molar-refractivity contribution in [3.63, 3.8) is 0 Å². The summed E-state index contributed by atoms with van der Waals surface area (Å²) in [5, 5.41) is 9.03. The Bertz CT molecular complexity index is 587. The number of methoxy groups -OCH3 is 1. The van der Waals surface area contributed by atoms with Gasteiger partial charge in [0.25, 0.3) is 0 Å². The largest absolute Gasteiger partial charge is 0.497 e. The molecular weight excluding hydrogens is 315 g/mol. The Hall–Kier alpha value is -1.59. The summed E-state index contributed by atoms with van der Waals surface area (Å²) in [6, 6.07) is 9.31. The zero-order chi connectivity index (χ0) is 13.8. The van der Waals surface area contributed by atoms with Gasteiger partial charge in [-0.3, -0.25) is 0 Å². The van der Waals surface area contributed by atoms with Crippen LogP contribution in [0.2, 0.25) is 0 Å². The fourth-order valence-electron chi connectivity index (χ4n) is 1.59. The molecule has 2 rings (SSSR count). The number of ether oxygens (including phenoxy) is 2. The van der Waals surface area contributed by atoms with E-state index in [0.717, 1.165) is 0 Å². The van der Waals surface area contributed by atoms with Crippen LogP contribution in [0.4, 0.5) is 4.39 Å². The summed E-state index contributed by atoms with van der Waals surface area (Å²) in [4.78, 5) is 0. The lowest BCUT2D eigenvalue weighted by Gasteiger charge is -2.10. The lowest BCUT2D eigenvalue weighted by atomic mass is 10.2. The van der Waals surface area contributed by atoms with E-state index in [1.807, 2.05) is 0 Å². The highest BCUT2D eigenvalue weighted by atomic mass is 79.9. The lowest BCUT2D eigenvalue weighted by molar-refractivity contribution is 0.280. The molecule has 2 aromatic carbocycles. The van der Waals surface area contributed by atoms with Gasteiger partial charge in [0.1, 0.15) is 23.1 Å². The van der Waals surface area contributed by atoms with Crippen LogP contribution >= 0.6 is 15.9 Å². The molecule has 0 saturated carbocycles. The highest BCUT2D eigenvalue weighted by Crippen LogP contribution is 2.33. The number of rotatable bonds is 4. The van der Waals surface area contributed by atoms with E-state index in [1.54, 1.807) is 31.4 Å². The van der Waals surface area contributed by atoms with Gasteiger partial charge in [0, 0.05) is 6.07 Å². The maximum atomic E-state index is 13.3. The van der Waals surface area contributed by atoms with Gasteiger partial charge in [0.2, 0.25) is 0 Å². The zero-order valence-electron chi connectivity index (χ0n) is 10.2. The fourth-order valence-corrected chi connectivity index (χ4v) is 2.03. The summed E-state index contributed by atoms with van der Waals surface area (Å²) in [5.41, 5.74) is 0.458. The third-order valence-corrected chi connectivity index (χ3v) is 3.10. The fraction of sp³-hybridized carbons (Fsp3) is 0.143. The van der Waals surface area contributed by atoms with Crippen LogP contribution < -0.4 is 9.47 Å². The number of halogens is 2. The van der Waals surface area contributed by atoms with Crippen molar-refractivity contribution in [2.75, 3.05) is 7.11 Å². The second kappa shape index (κ2) is 6.04. The molecule has 100 valence electrons. The van der Waals surface area contributed by atoms with Crippen molar-refractivity contribution in [2.45, 2.75) is 6.61 Å². The molecule has 19 heavy (non-hydrogen) atoms. The first-order valence-electron chi connectivity index (χ1n) is 5.54. The molecule has 0 amide bonds. The van der Waals surface area contributed by atoms with Crippen molar-refractivity contribution in [3.8, 4) is 17.2 Å². The van der Waals surface area contributed by atoms with Crippen LogP contribution in [-0.4, -0.2) is 12.2 Å². The standard InChI is InChI=1S/C14H12BrFO3/c1-18-11-2-3-14(13(15)7-11)19-12-5-9(8-17)4-10(16)6-12/h2-7,17H,8H2,1H3. The smallest absolute Gasteiger partial charge is 0.141 e. The molecule has 0 unspecified atom stereocenters. The molecule has 0 aromatic heterocycles. The number of aliphatic hydroxyl groups is 1. The van der Waals surface area contributed by atoms with E-state index in [-0.39, 0.29) is 6.61 Å². The Labute approximate surface area is 118 Å². The van der Waals surface area contributed by atoms with Gasteiger partial charge in [-0.15, -0.1) is 0 Å². The maximum absolute atomic E-state index is 13.3. The SMILES string of the molecule is COc1ccc(Oc2cc(F)cc(CO)c2)c(Br)c1. The molecule has 1 N–H and O–H groups in total. The van der Waals surface area contributed by atoms with Crippen LogP contribution in [0.3, 0.4) is 0 Å². The highest BCUT2D eigenvalue weighted by molar-refractivity contribution is 9.10. The summed E-state index contributed by atoms with van der Waals surface area (Å²) >= 11 is 3.35. The summed E-state index contributed by atoms with van der Waals surface area (Å²) < 4.78 is 24.7. The third-order valence-electron chi connectivity index (χ3n) is 2.48. The quantitative estimate of drug-likeness (QED) is 0.926. The van der Waals surface area contributed by atoms with Crippen LogP contribution in [0.25, 0.3) is 0 Å². The number of hydrogen-bond donors (Lipinski definition) is 1. The zero-order valence-corrected chi connectivity index (χ0v) is 11.8. The van der Waals surface area contributed by atoms with Crippen molar-refractivity contribution >= 4 is 15.9 Å². The van der Waals surface area contributed by atoms with Gasteiger partial charge in [-0.25, -0.2) is 4.39 Å². The van der Waals surface area contributed by atoms with Crippen molar-refractivity contribution in [2.24, 2.45) is 0 Å². The van der Waals surface area contributed by atoms with E-state index in [1.165, 1.54) is 12.1 Å². The first-order valence-corrected chi connectivity index (χ1v) is 6.33. The molecule has 0 atom stereocenters. The molecule has 0 bridgehead atoms. The topological polar surface area (TPSA) is 38.7 Å². The first-order chi connectivity index (χ1) is 9.12. The van der Waals surface area contributed by atoms with E-state index in [0.29, 0.717) is 27.3 Å². The van der Waals surface area contributed by atoms with E-state index >= 15 is 0 Å². The number of aliphatic hydroxyl groups excluding tert-OH is 1. The highest BCUT2D eigenvalue weighted by Gasteiger charge is 2.07. The summed E-state index contributed by atoms with van der Waals surface area (Å²) in [7, 11) is 1.57. The van der Waals surface area contributed by atoms with Crippen molar-refractivity contribution in [1.82, 2.24) is 0 Å². The molecule has 5 heteroatoms. The first kappa shape index (κ1) is 13.8. The predicted molar refractivity (Wildman–Crippen MR) is 73.1 cm³/mol. The van der Waals surface area contributed by atoms with Gasteiger partial charge < -0.3 is 14.6 Å². The van der Waals surface area contributed by atoms with Crippen molar-refractivity contribution in [1.29, 1.82) is 0 Å². The Morgan fingerprint density at radius 2 is 1.95 bits per heavy atom. The van der Waals surface area contributed by atoms with Gasteiger partial charge in [-0.1, -0.05) is 0 Å². The summed E-state index contributed by atoms with van der Waals surface area (Å²) in [6.45, 7) is -0.238. The molecular formula is C14H12BrFO3. The minimum atomic E-state index is -0.453. The normalized spacial score (nSPS) is 10.3. The molecule has 2 aromatic rings. The Morgan fingerprint density at radius 3 is 2.58 bits per heavy atom. The van der Waals surface area contributed by atoms with Crippen LogP contribution in [-0.2, 0) is 6.61 Å². The van der Waals surface area contributed by atoms with E-state index in [9.17, 15) is 4.39 Å². The molecule has 0 aliphatic heterocycles. The van der Waals surface area contributed by atoms with Crippen LogP contribution in [0.5, 0.6) is 17.2 Å². The Kier molecular flexibility index (Phi) is 4.39. The molecule has 0 radical (unpaired) electrons. The average molecular weight is 327 g/mol. The second-order valence-corrected chi connectivity index (χ2v) is 4.71. The number of hydrogen-bond acceptors (Lipinski definition) is 3. The van der Waals surface area contributed by atoms with Gasteiger partial charge in [0.15, 0.2) is 0 Å². The minimum absolute atomic E-state index is 0.238. The van der Waals surface area contributed by atoms with Crippen LogP contribution in [0.15, 0.2) is 40.9 Å². The summed E-state index contributed by atoms with van der Waals surface area (Å²) in [5.74, 6) is 1.10. The Morgan fingerprint density at radius 1 is 1.16 bits per heavy atom. The van der Waals surface area contributed by atoms with Crippen LogP contribution in [0.1, 0.15) is 5.56 Å². The van der Waals surface area contributed by atoms with Gasteiger partial charge in [0.05, 0.1) is 18.2 Å². The van der Waals surface area contributed by atoms with Crippen molar-refractivity contribution < 1.29 is 19.0 Å². The molecule has 0 spiro atoms. The third kappa shape index (κ3) is 3.45. The summed E-state index contributed by atoms with van der Waals surface area (Å²) in [6.07, 6.45) is 0. The molecule has 0 fully saturated rings. The van der Waals surface area contributed by atoms with Crippen molar-refractivity contribution in [3.05, 3.63) is 52.3 Å². The molecule has 3 nitrogen and oxygen atoms in total. The molecule has 0 saturated heterocycles. The molecule has 0 aliphatic rings. The maximum Gasteiger partial charge on any atom is 0.141 e. The lowest BCUT2D eigenvalue weighted by Crippen LogP contribution is -1.91. The second-order valence-electron chi connectivity index (χ2n) is 3.85. The average Bonchev–Trinajstić information content (AvgIpc) is 2.40. The van der Waals surface area contributed by atoms with E-state index in [4.69, 9.17) is 14.6 Å². The van der Waals surface area contributed by atoms with Gasteiger partial charge in [-0.2, -0.15) is 0 Å². The predicted octanol–water partition coefficient (Wildman–Crippen LogP) is 3.88. The van der Waals surface area contributed by atoms with Gasteiger partial charge >= 0.3 is 0 Å². The minimum Gasteiger partial charge on any atom is -0.497 e. The van der Waals surface area contributed by atoms with Crippen LogP contribution in [0, 0.1) is 5.82 Å². The monoisotopic (exact) mass is 326 g/mol. The Balaban J connectivity index is 2.28. The molecule has 0 aliphatic carbocycles. The van der Waals surface area contributed by atoms with E-state index in [2.05, 4.69) is 15.9 Å². The molecule has 0 heterocycles. The van der Waals surface area contributed by atoms with Gasteiger partial charge in [-0.05, 0) is 51.8 Å². The number of benzene rings is 2. The van der Waals surface area contributed by atoms with E-state index < -0.39 is 5.82 Å².